The molecule has 0 aromatic heterocycles. The monoisotopic (exact) mass is 484 g/mol. The molecule has 3 heterocycles. The quantitative estimate of drug-likeness (QED) is 0.673. The van der Waals surface area contributed by atoms with Crippen molar-refractivity contribution in [2.24, 2.45) is 10.3 Å². The van der Waals surface area contributed by atoms with Crippen LogP contribution in [0.15, 0.2) is 51.8 Å². The number of nitrogens with zero attached hydrogens (tertiary/aromatic N) is 3. The molecular formula is C24H28N4O5S. The van der Waals surface area contributed by atoms with Crippen LogP contribution in [0.1, 0.15) is 25.3 Å². The number of ether oxygens (including phenoxy) is 2. The molecule has 0 aliphatic carbocycles. The average molecular weight is 485 g/mol. The number of benzene rings is 2. The Morgan fingerprint density at radius 2 is 1.85 bits per heavy atom. The largest absolute Gasteiger partial charge is 0.454 e. The summed E-state index contributed by atoms with van der Waals surface area (Å²) in [6.07, 6.45) is 0.744. The van der Waals surface area contributed by atoms with Gasteiger partial charge in [-0.05, 0) is 35.7 Å². The number of sulfonamides is 1. The Hall–Kier alpha value is -3.11. The second-order valence-corrected chi connectivity index (χ2v) is 10.6. The number of para-hydroxylation sites is 1. The number of carbonyl (C=O) groups excluding carboxylic acids is 1. The number of hydrogen-bond acceptors (Lipinski definition) is 7. The van der Waals surface area contributed by atoms with Crippen molar-refractivity contribution in [2.45, 2.75) is 31.2 Å². The lowest BCUT2D eigenvalue weighted by molar-refractivity contribution is -0.133. The van der Waals surface area contributed by atoms with Crippen LogP contribution in [-0.4, -0.2) is 62.9 Å². The summed E-state index contributed by atoms with van der Waals surface area (Å²) in [7, 11) is -3.71. The van der Waals surface area contributed by atoms with Crippen LogP contribution in [0.5, 0.6) is 11.5 Å². The first kappa shape index (κ1) is 22.7. The van der Waals surface area contributed by atoms with E-state index in [0.717, 1.165) is 36.7 Å². The minimum absolute atomic E-state index is 0.0362. The molecule has 1 amide bonds. The van der Waals surface area contributed by atoms with E-state index in [1.54, 1.807) is 18.2 Å². The predicted molar refractivity (Wildman–Crippen MR) is 128 cm³/mol. The van der Waals surface area contributed by atoms with Crippen LogP contribution in [0.4, 0.5) is 5.69 Å². The van der Waals surface area contributed by atoms with E-state index in [1.807, 2.05) is 30.0 Å². The molecule has 10 heteroatoms. The molecule has 2 aromatic carbocycles. The second kappa shape index (κ2) is 9.27. The van der Waals surface area contributed by atoms with Crippen LogP contribution in [-0.2, 0) is 21.4 Å². The third-order valence-electron chi connectivity index (χ3n) is 6.31. The molecule has 0 bridgehead atoms. The molecule has 3 aliphatic heterocycles. The molecule has 0 radical (unpaired) electrons. The van der Waals surface area contributed by atoms with Gasteiger partial charge in [0, 0.05) is 45.6 Å². The summed E-state index contributed by atoms with van der Waals surface area (Å²) >= 11 is 0. The zero-order valence-corrected chi connectivity index (χ0v) is 19.9. The maximum absolute atomic E-state index is 12.9. The van der Waals surface area contributed by atoms with E-state index < -0.39 is 10.0 Å². The smallest absolute Gasteiger partial charge is 0.286 e. The van der Waals surface area contributed by atoms with Gasteiger partial charge in [-0.2, -0.15) is 8.42 Å². The molecule has 1 fully saturated rings. The molecule has 2 aromatic rings. The maximum Gasteiger partial charge on any atom is 0.286 e. The highest BCUT2D eigenvalue weighted by Crippen LogP contribution is 2.33. The van der Waals surface area contributed by atoms with Crippen LogP contribution in [0.2, 0.25) is 0 Å². The van der Waals surface area contributed by atoms with E-state index >= 15 is 0 Å². The summed E-state index contributed by atoms with van der Waals surface area (Å²) in [5.41, 5.74) is 1.69. The SMILES string of the molecule is C[C@@H](CC(=O)N1CCN(Cc2ccc3c(c2)OCO3)CC1)CC1=NS(=O)(=O)c2ccccc2N1. The van der Waals surface area contributed by atoms with Crippen LogP contribution in [0, 0.1) is 5.92 Å². The lowest BCUT2D eigenvalue weighted by Crippen LogP contribution is -2.48. The fraction of sp³-hybridized carbons (Fsp3) is 0.417. The van der Waals surface area contributed by atoms with Crippen molar-refractivity contribution in [1.29, 1.82) is 0 Å². The van der Waals surface area contributed by atoms with Gasteiger partial charge in [0.05, 0.1) is 5.69 Å². The number of nitrogens with one attached hydrogen (secondary N) is 1. The number of piperazine rings is 1. The second-order valence-electron chi connectivity index (χ2n) is 8.99. The molecule has 9 nitrogen and oxygen atoms in total. The number of anilines is 1. The minimum atomic E-state index is -3.71. The van der Waals surface area contributed by atoms with Gasteiger partial charge < -0.3 is 19.7 Å². The zero-order chi connectivity index (χ0) is 23.7. The van der Waals surface area contributed by atoms with Crippen molar-refractivity contribution in [2.75, 3.05) is 38.3 Å². The number of rotatable bonds is 6. The topological polar surface area (TPSA) is 101 Å². The maximum atomic E-state index is 12.9. The summed E-state index contributed by atoms with van der Waals surface area (Å²) in [6, 6.07) is 12.7. The average Bonchev–Trinajstić information content (AvgIpc) is 3.27. The summed E-state index contributed by atoms with van der Waals surface area (Å²) < 4.78 is 39.6. The molecule has 180 valence electrons. The number of hydrogen-bond donors (Lipinski definition) is 1. The number of carbonyl (C=O) groups is 1. The van der Waals surface area contributed by atoms with Gasteiger partial charge in [0.2, 0.25) is 12.7 Å². The van der Waals surface area contributed by atoms with Crippen LogP contribution >= 0.6 is 0 Å². The molecule has 1 atom stereocenters. The molecule has 1 N–H and O–H groups in total. The highest BCUT2D eigenvalue weighted by Gasteiger charge is 2.27. The Bertz CT molecular complexity index is 1220. The Labute approximate surface area is 199 Å². The molecule has 5 rings (SSSR count). The molecule has 34 heavy (non-hydrogen) atoms. The van der Waals surface area contributed by atoms with Gasteiger partial charge in [-0.15, -0.1) is 4.40 Å². The third kappa shape index (κ3) is 4.88. The fourth-order valence-electron chi connectivity index (χ4n) is 4.54. The molecule has 0 saturated carbocycles. The minimum Gasteiger partial charge on any atom is -0.454 e. The van der Waals surface area contributed by atoms with Gasteiger partial charge in [0.1, 0.15) is 10.7 Å². The van der Waals surface area contributed by atoms with Gasteiger partial charge in [0.15, 0.2) is 11.5 Å². The van der Waals surface area contributed by atoms with Crippen molar-refractivity contribution >= 4 is 27.5 Å². The van der Waals surface area contributed by atoms with E-state index in [2.05, 4.69) is 14.6 Å². The summed E-state index contributed by atoms with van der Waals surface area (Å²) in [5.74, 6) is 2.01. The molecular weight excluding hydrogens is 456 g/mol. The van der Waals surface area contributed by atoms with E-state index in [9.17, 15) is 13.2 Å². The first-order valence-electron chi connectivity index (χ1n) is 11.5. The fourth-order valence-corrected chi connectivity index (χ4v) is 5.69. The van der Waals surface area contributed by atoms with E-state index in [1.165, 1.54) is 6.07 Å². The molecule has 0 unspecified atom stereocenters. The molecule has 0 spiro atoms. The Morgan fingerprint density at radius 1 is 1.09 bits per heavy atom. The Balaban J connectivity index is 1.11. The predicted octanol–water partition coefficient (Wildman–Crippen LogP) is 2.69. The van der Waals surface area contributed by atoms with Gasteiger partial charge in [0.25, 0.3) is 10.0 Å². The Morgan fingerprint density at radius 3 is 2.68 bits per heavy atom. The normalized spacial score (nSPS) is 19.7. The van der Waals surface area contributed by atoms with Gasteiger partial charge in [-0.25, -0.2) is 0 Å². The van der Waals surface area contributed by atoms with Gasteiger partial charge in [-0.1, -0.05) is 25.1 Å². The standard InChI is InChI=1S/C24H28N4O5S/c1-17(12-23-25-19-4-2-3-5-22(19)34(30,31)26-23)13-24(29)28-10-8-27(9-11-28)15-18-6-7-20-21(14-18)33-16-32-20/h2-7,14,17H,8-13,15-16H2,1H3,(H,25,26)/t17-/m1/s1. The number of amidine groups is 1. The summed E-state index contributed by atoms with van der Waals surface area (Å²) in [4.78, 5) is 17.3. The molecule has 3 aliphatic rings. The highest BCUT2D eigenvalue weighted by molar-refractivity contribution is 7.90. The number of fused-ring (bicyclic) bond motifs is 2. The Kier molecular flexibility index (Phi) is 6.18. The van der Waals surface area contributed by atoms with Crippen molar-refractivity contribution in [3.05, 3.63) is 48.0 Å². The van der Waals surface area contributed by atoms with Crippen molar-refractivity contribution in [1.82, 2.24) is 9.80 Å². The van der Waals surface area contributed by atoms with Crippen LogP contribution < -0.4 is 14.8 Å². The lowest BCUT2D eigenvalue weighted by atomic mass is 10.0. The summed E-state index contributed by atoms with van der Waals surface area (Å²) in [6.45, 7) is 5.98. The van der Waals surface area contributed by atoms with E-state index in [-0.39, 0.29) is 23.5 Å². The van der Waals surface area contributed by atoms with Gasteiger partial charge >= 0.3 is 0 Å². The zero-order valence-electron chi connectivity index (χ0n) is 19.1. The first-order chi connectivity index (χ1) is 16.4. The third-order valence-corrected chi connectivity index (χ3v) is 7.68. The van der Waals surface area contributed by atoms with Crippen LogP contribution in [0.25, 0.3) is 0 Å². The lowest BCUT2D eigenvalue weighted by Gasteiger charge is -2.35. The first-order valence-corrected chi connectivity index (χ1v) is 12.9. The van der Waals surface area contributed by atoms with Gasteiger partial charge in [-0.3, -0.25) is 9.69 Å². The van der Waals surface area contributed by atoms with Crippen molar-refractivity contribution < 1.29 is 22.7 Å². The highest BCUT2D eigenvalue weighted by atomic mass is 32.2. The summed E-state index contributed by atoms with van der Waals surface area (Å²) in [5, 5.41) is 3.10. The van der Waals surface area contributed by atoms with E-state index in [0.29, 0.717) is 37.5 Å². The van der Waals surface area contributed by atoms with Crippen LogP contribution in [0.3, 0.4) is 0 Å². The van der Waals surface area contributed by atoms with Crippen molar-refractivity contribution in [3.8, 4) is 11.5 Å². The van der Waals surface area contributed by atoms with Crippen molar-refractivity contribution in [3.63, 3.8) is 0 Å². The van der Waals surface area contributed by atoms with E-state index in [4.69, 9.17) is 9.47 Å². The number of amides is 1. The molecule has 1 saturated heterocycles.